The van der Waals surface area contributed by atoms with Crippen LogP contribution in [0.1, 0.15) is 41.6 Å². The number of halogens is 4. The summed E-state index contributed by atoms with van der Waals surface area (Å²) in [6.45, 7) is 0. The van der Waals surface area contributed by atoms with E-state index < -0.39 is 18.1 Å². The lowest BCUT2D eigenvalue weighted by atomic mass is 9.74. The molecule has 5 rings (SSSR count). The number of carboxylic acids is 1. The van der Waals surface area contributed by atoms with E-state index in [2.05, 4.69) is 14.7 Å². The lowest BCUT2D eigenvalue weighted by Gasteiger charge is -2.31. The molecule has 0 atom stereocenters. The number of benzene rings is 2. The van der Waals surface area contributed by atoms with Crippen molar-refractivity contribution in [1.29, 1.82) is 0 Å². The molecule has 0 saturated heterocycles. The maximum absolute atomic E-state index is 12.8. The molecule has 0 spiro atoms. The Morgan fingerprint density at radius 2 is 1.82 bits per heavy atom. The summed E-state index contributed by atoms with van der Waals surface area (Å²) < 4.78 is 43.4. The number of aromatic nitrogens is 2. The predicted octanol–water partition coefficient (Wildman–Crippen LogP) is 8.10. The van der Waals surface area contributed by atoms with Gasteiger partial charge in [0.1, 0.15) is 5.75 Å². The maximum Gasteiger partial charge on any atom is 0.573 e. The molecule has 1 saturated carbocycles. The van der Waals surface area contributed by atoms with Crippen molar-refractivity contribution in [3.8, 4) is 5.75 Å². The number of thiazole rings is 1. The molecule has 5 nitrogen and oxygen atoms in total. The number of pyridine rings is 1. The van der Waals surface area contributed by atoms with E-state index in [1.165, 1.54) is 17.4 Å². The van der Waals surface area contributed by atoms with Gasteiger partial charge in [0.2, 0.25) is 0 Å². The molecule has 1 N–H and O–H groups in total. The Balaban J connectivity index is 1.71. The van der Waals surface area contributed by atoms with Gasteiger partial charge in [-0.1, -0.05) is 48.4 Å². The van der Waals surface area contributed by atoms with Crippen molar-refractivity contribution < 1.29 is 27.8 Å². The highest BCUT2D eigenvalue weighted by Crippen LogP contribution is 2.47. The van der Waals surface area contributed by atoms with Gasteiger partial charge in [-0.05, 0) is 64.8 Å². The van der Waals surface area contributed by atoms with Crippen molar-refractivity contribution in [3.05, 3.63) is 93.7 Å². The Morgan fingerprint density at radius 1 is 1.08 bits per heavy atom. The van der Waals surface area contributed by atoms with Crippen LogP contribution in [0.5, 0.6) is 5.75 Å². The zero-order valence-corrected chi connectivity index (χ0v) is 21.3. The molecule has 0 amide bonds. The number of nitrogens with zero attached hydrogens (tertiary/aromatic N) is 2. The second-order valence-corrected chi connectivity index (χ2v) is 10.1. The molecule has 10 heteroatoms. The smallest absolute Gasteiger partial charge is 0.478 e. The number of rotatable bonds is 7. The largest absolute Gasteiger partial charge is 0.573 e. The van der Waals surface area contributed by atoms with Crippen molar-refractivity contribution in [1.82, 2.24) is 9.97 Å². The Labute approximate surface area is 224 Å². The summed E-state index contributed by atoms with van der Waals surface area (Å²) in [5.41, 5.74) is 7.09. The summed E-state index contributed by atoms with van der Waals surface area (Å²) in [6, 6.07) is 14.5. The van der Waals surface area contributed by atoms with Crippen LogP contribution in [0.25, 0.3) is 27.4 Å². The van der Waals surface area contributed by atoms with E-state index in [0.717, 1.165) is 70.1 Å². The van der Waals surface area contributed by atoms with Gasteiger partial charge in [-0.2, -0.15) is 0 Å². The first-order valence-corrected chi connectivity index (χ1v) is 12.9. The van der Waals surface area contributed by atoms with Gasteiger partial charge in [0.05, 0.1) is 32.6 Å². The van der Waals surface area contributed by atoms with Crippen LogP contribution >= 0.6 is 22.9 Å². The van der Waals surface area contributed by atoms with Crippen LogP contribution in [0, 0.1) is 5.92 Å². The van der Waals surface area contributed by atoms with E-state index in [1.807, 2.05) is 42.5 Å². The number of ether oxygens (including phenoxy) is 1. The summed E-state index contributed by atoms with van der Waals surface area (Å²) in [6.07, 6.45) is 1.53. The zero-order chi connectivity index (χ0) is 26.9. The zero-order valence-electron chi connectivity index (χ0n) is 19.7. The molecule has 2 heterocycles. The minimum Gasteiger partial charge on any atom is -0.478 e. The van der Waals surface area contributed by atoms with Crippen molar-refractivity contribution >= 4 is 56.3 Å². The summed E-state index contributed by atoms with van der Waals surface area (Å²) in [5, 5.41) is 9.00. The second-order valence-electron chi connectivity index (χ2n) is 8.79. The van der Waals surface area contributed by atoms with Gasteiger partial charge in [0.25, 0.3) is 0 Å². The van der Waals surface area contributed by atoms with Gasteiger partial charge in [0, 0.05) is 12.1 Å². The first-order chi connectivity index (χ1) is 18.2. The Kier molecular flexibility index (Phi) is 7.23. The first-order valence-electron chi connectivity index (χ1n) is 11.7. The SMILES string of the molecule is O=C(O)C=Cc1ccc(C(=C(c2ncc(OC(F)(F)F)cc2Cl)C2CCC2)c2ccc3scnc3c2)cc1. The van der Waals surface area contributed by atoms with Crippen LogP contribution in [0.15, 0.2) is 66.3 Å². The molecule has 38 heavy (non-hydrogen) atoms. The van der Waals surface area contributed by atoms with E-state index in [0.29, 0.717) is 11.3 Å². The molecule has 1 aliphatic carbocycles. The van der Waals surface area contributed by atoms with Crippen molar-refractivity contribution in [3.63, 3.8) is 0 Å². The molecular formula is C28H20ClF3N2O3S. The van der Waals surface area contributed by atoms with Crippen LogP contribution in [0.3, 0.4) is 0 Å². The van der Waals surface area contributed by atoms with Gasteiger partial charge in [-0.15, -0.1) is 24.5 Å². The standard InChI is InChI=1S/C28H20ClF3N2O3S/c29-21-13-20(37-28(30,31)32)14-33-27(21)26(17-2-1-3-17)25(19-9-10-23-22(12-19)34-15-38-23)18-7-4-16(5-8-18)6-11-24(35)36/h4-15,17H,1-3H2,(H,35,36). The topological polar surface area (TPSA) is 72.3 Å². The monoisotopic (exact) mass is 556 g/mol. The second kappa shape index (κ2) is 10.6. The van der Waals surface area contributed by atoms with Gasteiger partial charge in [-0.3, -0.25) is 4.98 Å². The van der Waals surface area contributed by atoms with Gasteiger partial charge >= 0.3 is 12.3 Å². The Hall–Kier alpha value is -3.69. The Bertz CT molecular complexity index is 1560. The molecule has 194 valence electrons. The Morgan fingerprint density at radius 3 is 2.45 bits per heavy atom. The minimum absolute atomic E-state index is 0.0573. The van der Waals surface area contributed by atoms with Gasteiger partial charge in [-0.25, -0.2) is 9.78 Å². The molecule has 1 aliphatic rings. The maximum atomic E-state index is 12.8. The number of carboxylic acid groups (broad SMARTS) is 1. The first kappa shape index (κ1) is 25.9. The molecule has 0 bridgehead atoms. The molecular weight excluding hydrogens is 537 g/mol. The molecule has 4 aromatic rings. The number of carbonyl (C=O) groups is 1. The number of aliphatic carboxylic acids is 1. The van der Waals surface area contributed by atoms with Crippen molar-refractivity contribution in [2.75, 3.05) is 0 Å². The third-order valence-corrected chi connectivity index (χ3v) is 7.42. The average Bonchev–Trinajstić information content (AvgIpc) is 3.29. The minimum atomic E-state index is -4.86. The fourth-order valence-electron chi connectivity index (χ4n) is 4.44. The van der Waals surface area contributed by atoms with E-state index >= 15 is 0 Å². The van der Waals surface area contributed by atoms with Gasteiger partial charge < -0.3 is 9.84 Å². The highest BCUT2D eigenvalue weighted by atomic mass is 35.5. The summed E-state index contributed by atoms with van der Waals surface area (Å²) >= 11 is 8.08. The van der Waals surface area contributed by atoms with Crippen molar-refractivity contribution in [2.45, 2.75) is 25.6 Å². The quantitative estimate of drug-likeness (QED) is 0.233. The number of hydrogen-bond acceptors (Lipinski definition) is 5. The van der Waals surface area contributed by atoms with E-state index in [1.54, 1.807) is 5.51 Å². The number of allylic oxidation sites excluding steroid dienone is 1. The average molecular weight is 557 g/mol. The van der Waals surface area contributed by atoms with Crippen LogP contribution in [-0.4, -0.2) is 27.4 Å². The van der Waals surface area contributed by atoms with Crippen LogP contribution in [0.2, 0.25) is 5.02 Å². The number of alkyl halides is 3. The van der Waals surface area contributed by atoms with E-state index in [9.17, 15) is 18.0 Å². The normalized spacial score (nSPS) is 14.9. The predicted molar refractivity (Wildman–Crippen MR) is 142 cm³/mol. The third-order valence-electron chi connectivity index (χ3n) is 6.32. The van der Waals surface area contributed by atoms with Crippen molar-refractivity contribution in [2.24, 2.45) is 5.92 Å². The van der Waals surface area contributed by atoms with E-state index in [-0.39, 0.29) is 10.9 Å². The van der Waals surface area contributed by atoms with E-state index in [4.69, 9.17) is 16.7 Å². The summed E-state index contributed by atoms with van der Waals surface area (Å²) in [7, 11) is 0. The number of fused-ring (bicyclic) bond motifs is 1. The highest BCUT2D eigenvalue weighted by molar-refractivity contribution is 7.16. The fourth-order valence-corrected chi connectivity index (χ4v) is 5.36. The molecule has 1 fully saturated rings. The molecule has 0 aliphatic heterocycles. The molecule has 2 aromatic carbocycles. The molecule has 2 aromatic heterocycles. The highest BCUT2D eigenvalue weighted by Gasteiger charge is 2.33. The van der Waals surface area contributed by atoms with Crippen LogP contribution < -0.4 is 4.74 Å². The lowest BCUT2D eigenvalue weighted by Crippen LogP contribution is -2.18. The number of hydrogen-bond donors (Lipinski definition) is 1. The molecule has 0 radical (unpaired) electrons. The summed E-state index contributed by atoms with van der Waals surface area (Å²) in [4.78, 5) is 19.7. The third kappa shape index (κ3) is 5.74. The lowest BCUT2D eigenvalue weighted by molar-refractivity contribution is -0.274. The van der Waals surface area contributed by atoms with Gasteiger partial charge in [0.15, 0.2) is 0 Å². The molecule has 0 unspecified atom stereocenters. The summed E-state index contributed by atoms with van der Waals surface area (Å²) in [5.74, 6) is -1.43. The van der Waals surface area contributed by atoms with Crippen LogP contribution in [-0.2, 0) is 4.79 Å². The fraction of sp³-hybridized carbons (Fsp3) is 0.179. The van der Waals surface area contributed by atoms with Crippen LogP contribution in [0.4, 0.5) is 13.2 Å².